The molecule has 2 saturated heterocycles. The zero-order valence-corrected chi connectivity index (χ0v) is 17.0. The van der Waals surface area contributed by atoms with Gasteiger partial charge in [-0.15, -0.1) is 12.4 Å². The van der Waals surface area contributed by atoms with Gasteiger partial charge < -0.3 is 10.2 Å². The van der Waals surface area contributed by atoms with Gasteiger partial charge >= 0.3 is 0 Å². The van der Waals surface area contributed by atoms with Gasteiger partial charge in [0, 0.05) is 19.3 Å². The predicted octanol–water partition coefficient (Wildman–Crippen LogP) is 3.82. The number of hydrogen-bond acceptors (Lipinski definition) is 3. The Balaban J connectivity index is 0.00000210. The molecule has 1 amide bonds. The highest BCUT2D eigenvalue weighted by Gasteiger charge is 2.32. The molecule has 2 unspecified atom stereocenters. The van der Waals surface area contributed by atoms with E-state index in [1.54, 1.807) is 0 Å². The van der Waals surface area contributed by atoms with Crippen molar-refractivity contribution in [1.82, 2.24) is 20.0 Å². The van der Waals surface area contributed by atoms with Crippen LogP contribution in [0, 0.1) is 13.8 Å². The first-order valence-corrected chi connectivity index (χ1v) is 9.78. The summed E-state index contributed by atoms with van der Waals surface area (Å²) in [7, 11) is 0. The van der Waals surface area contributed by atoms with Gasteiger partial charge in [0.2, 0.25) is 0 Å². The molecular weight excluding hydrogens is 360 g/mol. The molecular formula is C21H29ClN4O. The second kappa shape index (κ2) is 8.44. The molecule has 0 bridgehead atoms. The highest BCUT2D eigenvalue weighted by atomic mass is 35.5. The van der Waals surface area contributed by atoms with Gasteiger partial charge in [-0.2, -0.15) is 5.10 Å². The molecule has 5 nitrogen and oxygen atoms in total. The van der Waals surface area contributed by atoms with E-state index in [2.05, 4.69) is 42.5 Å². The van der Waals surface area contributed by atoms with E-state index in [1.807, 2.05) is 21.8 Å². The molecule has 1 aromatic heterocycles. The van der Waals surface area contributed by atoms with Crippen molar-refractivity contribution in [2.45, 2.75) is 51.6 Å². The summed E-state index contributed by atoms with van der Waals surface area (Å²) in [6.07, 6.45) is 6.33. The maximum absolute atomic E-state index is 13.2. The fourth-order valence-corrected chi connectivity index (χ4v) is 4.33. The van der Waals surface area contributed by atoms with Crippen molar-refractivity contribution in [2.24, 2.45) is 0 Å². The van der Waals surface area contributed by atoms with E-state index in [9.17, 15) is 4.79 Å². The largest absolute Gasteiger partial charge is 0.330 e. The minimum Gasteiger partial charge on any atom is -0.330 e. The molecule has 0 aliphatic carbocycles. The number of piperidine rings is 1. The smallest absolute Gasteiger partial charge is 0.274 e. The van der Waals surface area contributed by atoms with Crippen LogP contribution < -0.4 is 5.32 Å². The zero-order chi connectivity index (χ0) is 18.1. The monoisotopic (exact) mass is 388 g/mol. The van der Waals surface area contributed by atoms with E-state index < -0.39 is 0 Å². The molecule has 0 spiro atoms. The summed E-state index contributed by atoms with van der Waals surface area (Å²) >= 11 is 0. The molecule has 1 aromatic carbocycles. The first-order chi connectivity index (χ1) is 12.6. The van der Waals surface area contributed by atoms with E-state index in [0.717, 1.165) is 45.3 Å². The fourth-order valence-electron chi connectivity index (χ4n) is 4.33. The lowest BCUT2D eigenvalue weighted by atomic mass is 9.96. The third-order valence-electron chi connectivity index (χ3n) is 5.99. The number of rotatable bonds is 3. The Morgan fingerprint density at radius 1 is 1.19 bits per heavy atom. The molecule has 2 aromatic rings. The van der Waals surface area contributed by atoms with Crippen LogP contribution in [0.1, 0.15) is 64.9 Å². The number of hydrogen-bond donors (Lipinski definition) is 1. The van der Waals surface area contributed by atoms with Crippen molar-refractivity contribution < 1.29 is 4.79 Å². The fraction of sp³-hybridized carbons (Fsp3) is 0.524. The highest BCUT2D eigenvalue weighted by molar-refractivity contribution is 5.92. The Morgan fingerprint density at radius 2 is 2.04 bits per heavy atom. The van der Waals surface area contributed by atoms with Crippen LogP contribution in [0.25, 0.3) is 0 Å². The van der Waals surface area contributed by atoms with Crippen LogP contribution in [0.4, 0.5) is 0 Å². The number of likely N-dealkylation sites (tertiary alicyclic amines) is 1. The number of halogens is 1. The lowest BCUT2D eigenvalue weighted by molar-refractivity contribution is 0.0728. The third kappa shape index (κ3) is 3.90. The third-order valence-corrected chi connectivity index (χ3v) is 5.99. The van der Waals surface area contributed by atoms with Crippen molar-refractivity contribution in [3.8, 4) is 0 Å². The Bertz CT molecular complexity index is 797. The quantitative estimate of drug-likeness (QED) is 0.869. The van der Waals surface area contributed by atoms with Crippen molar-refractivity contribution in [2.75, 3.05) is 19.6 Å². The number of carbonyl (C=O) groups is 1. The van der Waals surface area contributed by atoms with E-state index in [-0.39, 0.29) is 24.4 Å². The molecule has 0 radical (unpaired) electrons. The molecule has 3 heterocycles. The van der Waals surface area contributed by atoms with Crippen LogP contribution >= 0.6 is 12.4 Å². The molecule has 1 N–H and O–H groups in total. The highest BCUT2D eigenvalue weighted by Crippen LogP contribution is 2.35. The summed E-state index contributed by atoms with van der Waals surface area (Å²) in [4.78, 5) is 15.2. The van der Waals surface area contributed by atoms with Crippen molar-refractivity contribution in [1.29, 1.82) is 0 Å². The second-order valence-corrected chi connectivity index (χ2v) is 7.63. The van der Waals surface area contributed by atoms with Gasteiger partial charge in [0.05, 0.1) is 12.1 Å². The van der Waals surface area contributed by atoms with Gasteiger partial charge in [-0.25, -0.2) is 0 Å². The van der Waals surface area contributed by atoms with E-state index in [0.29, 0.717) is 11.7 Å². The summed E-state index contributed by atoms with van der Waals surface area (Å²) < 4.78 is 1.97. The SMILES string of the molecule is Cc1cccc(C2CCCN2C(=O)c2ccn(C3CCCNC3)n2)c1C.Cl. The molecule has 4 rings (SSSR count). The topological polar surface area (TPSA) is 50.2 Å². The number of aryl methyl sites for hydroxylation is 1. The molecule has 2 aliphatic rings. The average Bonchev–Trinajstić information content (AvgIpc) is 3.34. The maximum atomic E-state index is 13.2. The predicted molar refractivity (Wildman–Crippen MR) is 110 cm³/mol. The molecule has 27 heavy (non-hydrogen) atoms. The van der Waals surface area contributed by atoms with E-state index >= 15 is 0 Å². The molecule has 2 atom stereocenters. The standard InChI is InChI=1S/C21H28N4O.ClH/c1-15-6-3-8-18(16(15)2)20-9-5-12-24(20)21(26)19-10-13-25(23-19)17-7-4-11-22-14-17;/h3,6,8,10,13,17,20,22H,4-5,7,9,11-12,14H2,1-2H3;1H. The van der Waals surface area contributed by atoms with Gasteiger partial charge in [0.25, 0.3) is 5.91 Å². The minimum atomic E-state index is 0. The number of nitrogens with one attached hydrogen (secondary N) is 1. The van der Waals surface area contributed by atoms with Crippen LogP contribution in [0.15, 0.2) is 30.5 Å². The summed E-state index contributed by atoms with van der Waals surface area (Å²) in [5.74, 6) is 0.0657. The van der Waals surface area contributed by atoms with Gasteiger partial charge in [0.1, 0.15) is 5.69 Å². The Labute approximate surface area is 167 Å². The Hall–Kier alpha value is -1.85. The molecule has 2 aliphatic heterocycles. The first kappa shape index (κ1) is 19.9. The van der Waals surface area contributed by atoms with Crippen LogP contribution in [0.2, 0.25) is 0 Å². The van der Waals surface area contributed by atoms with Crippen LogP contribution in [0.3, 0.4) is 0 Å². The van der Waals surface area contributed by atoms with Gasteiger partial charge in [-0.1, -0.05) is 18.2 Å². The van der Waals surface area contributed by atoms with Crippen LogP contribution in [-0.2, 0) is 0 Å². The summed E-state index contributed by atoms with van der Waals surface area (Å²) in [6, 6.07) is 8.83. The molecule has 6 heteroatoms. The van der Waals surface area contributed by atoms with Crippen molar-refractivity contribution in [3.05, 3.63) is 52.8 Å². The number of benzene rings is 1. The number of nitrogens with zero attached hydrogens (tertiary/aromatic N) is 3. The van der Waals surface area contributed by atoms with Gasteiger partial charge in [-0.05, 0) is 68.8 Å². The summed E-state index contributed by atoms with van der Waals surface area (Å²) in [5.41, 5.74) is 4.45. The average molecular weight is 389 g/mol. The van der Waals surface area contributed by atoms with Gasteiger partial charge in [0.15, 0.2) is 0 Å². The maximum Gasteiger partial charge on any atom is 0.274 e. The second-order valence-electron chi connectivity index (χ2n) is 7.63. The number of amides is 1. The van der Waals surface area contributed by atoms with Crippen molar-refractivity contribution >= 4 is 18.3 Å². The van der Waals surface area contributed by atoms with Crippen molar-refractivity contribution in [3.63, 3.8) is 0 Å². The summed E-state index contributed by atoms with van der Waals surface area (Å²) in [6.45, 7) is 7.13. The van der Waals surface area contributed by atoms with E-state index in [4.69, 9.17) is 0 Å². The lowest BCUT2D eigenvalue weighted by Crippen LogP contribution is -2.33. The number of aromatic nitrogens is 2. The molecule has 146 valence electrons. The molecule has 2 fully saturated rings. The van der Waals surface area contributed by atoms with Crippen LogP contribution in [-0.4, -0.2) is 40.2 Å². The van der Waals surface area contributed by atoms with E-state index in [1.165, 1.54) is 16.7 Å². The zero-order valence-electron chi connectivity index (χ0n) is 16.1. The Kier molecular flexibility index (Phi) is 6.22. The molecule has 0 saturated carbocycles. The normalized spacial score (nSPS) is 22.5. The lowest BCUT2D eigenvalue weighted by Gasteiger charge is -2.26. The van der Waals surface area contributed by atoms with Gasteiger partial charge in [-0.3, -0.25) is 9.48 Å². The minimum absolute atomic E-state index is 0. The Morgan fingerprint density at radius 3 is 2.81 bits per heavy atom. The first-order valence-electron chi connectivity index (χ1n) is 9.78. The summed E-state index contributed by atoms with van der Waals surface area (Å²) in [5, 5.41) is 8.04. The number of carbonyl (C=O) groups excluding carboxylic acids is 1. The van der Waals surface area contributed by atoms with Crippen LogP contribution in [0.5, 0.6) is 0 Å².